The molecule has 0 radical (unpaired) electrons. The van der Waals surface area contributed by atoms with E-state index < -0.39 is 52.8 Å². The van der Waals surface area contributed by atoms with Crippen molar-refractivity contribution >= 4 is 50.2 Å². The van der Waals surface area contributed by atoms with Crippen LogP contribution < -0.4 is 20.8 Å². The van der Waals surface area contributed by atoms with E-state index in [4.69, 9.17) is 19.6 Å². The first-order valence-electron chi connectivity index (χ1n) is 4.74. The molecule has 22 heavy (non-hydrogen) atoms. The summed E-state index contributed by atoms with van der Waals surface area (Å²) in [5, 5.41) is 23.3. The van der Waals surface area contributed by atoms with Crippen molar-refractivity contribution in [1.29, 1.82) is 0 Å². The molecule has 0 rings (SSSR count). The van der Waals surface area contributed by atoms with Gasteiger partial charge in [-0.05, 0) is 0 Å². The third-order valence-electron chi connectivity index (χ3n) is 1.17. The van der Waals surface area contributed by atoms with E-state index in [1.807, 2.05) is 10.6 Å². The van der Waals surface area contributed by atoms with Crippen molar-refractivity contribution in [2.45, 2.75) is 0 Å². The molecule has 0 saturated heterocycles. The predicted molar refractivity (Wildman–Crippen MR) is 69.2 cm³/mol. The molecule has 128 valence electrons. The Labute approximate surface area is 140 Å². The van der Waals surface area contributed by atoms with Crippen LogP contribution in [0.1, 0.15) is 0 Å². The first-order valence-corrected chi connectivity index (χ1v) is 8.33. The van der Waals surface area contributed by atoms with E-state index in [1.165, 1.54) is 0 Å². The van der Waals surface area contributed by atoms with E-state index in [0.29, 0.717) is 0 Å². The molecule has 0 saturated carbocycles. The molecule has 0 fully saturated rings. The Hall–Kier alpha value is -0.114. The number of rotatable bonds is 8. The van der Waals surface area contributed by atoms with E-state index in [-0.39, 0.29) is 28.5 Å². The maximum absolute atomic E-state index is 10.0. The van der Waals surface area contributed by atoms with Crippen LogP contribution in [0.2, 0.25) is 0 Å². The summed E-state index contributed by atoms with van der Waals surface area (Å²) < 4.78 is 20.1. The van der Waals surface area contributed by atoms with E-state index in [2.05, 4.69) is 0 Å². The first-order chi connectivity index (χ1) is 8.83. The normalized spacial score (nSPS) is 10.4. The standard InChI is InChI=1S/2C3H8NO5P.Mg.H2O/c2*5-3(6)1-4-2-10(7,8)9;;/h2*4H,1-2H2,(H,5,6)(H2,7,8,9);;1H2/q;;+2;/p-2. The predicted octanol–water partition coefficient (Wildman–Crippen LogP) is -6.28. The van der Waals surface area contributed by atoms with Gasteiger partial charge in [-0.3, -0.25) is 9.13 Å². The summed E-state index contributed by atoms with van der Waals surface area (Å²) >= 11 is 0. The maximum Gasteiger partial charge on any atom is 2.00 e. The molecule has 0 heterocycles. The molecule has 0 bridgehead atoms. The molecule has 0 spiro atoms. The zero-order valence-corrected chi connectivity index (χ0v) is 14.4. The second-order valence-corrected chi connectivity index (χ2v) is 6.53. The SMILES string of the molecule is O.O=C([O-])CNCP(=O)(O)O.O=C([O-])CNCP(=O)(O)O.[Mg+2]. The van der Waals surface area contributed by atoms with Crippen molar-refractivity contribution in [2.24, 2.45) is 0 Å². The summed E-state index contributed by atoms with van der Waals surface area (Å²) in [6.45, 7) is -1.10. The van der Waals surface area contributed by atoms with Gasteiger partial charge in [0.15, 0.2) is 0 Å². The van der Waals surface area contributed by atoms with Gasteiger partial charge in [-0.15, -0.1) is 0 Å². The van der Waals surface area contributed by atoms with E-state index in [9.17, 15) is 28.9 Å². The van der Waals surface area contributed by atoms with Crippen molar-refractivity contribution in [3.8, 4) is 0 Å². The van der Waals surface area contributed by atoms with E-state index >= 15 is 0 Å². The summed E-state index contributed by atoms with van der Waals surface area (Å²) in [6.07, 6.45) is -1.28. The van der Waals surface area contributed by atoms with Gasteiger partial charge in [0.1, 0.15) is 0 Å². The smallest absolute Gasteiger partial charge is 0.549 e. The number of carbonyl (C=O) groups excluding carboxylic acids is 2. The van der Waals surface area contributed by atoms with Gasteiger partial charge in [-0.2, -0.15) is 0 Å². The quantitative estimate of drug-likeness (QED) is 0.170. The average molecular weight is 378 g/mol. The number of hydrogen-bond donors (Lipinski definition) is 6. The van der Waals surface area contributed by atoms with Crippen LogP contribution in [0.5, 0.6) is 0 Å². The fourth-order valence-electron chi connectivity index (χ4n) is 0.607. The van der Waals surface area contributed by atoms with Crippen LogP contribution >= 0.6 is 15.2 Å². The van der Waals surface area contributed by atoms with E-state index in [1.54, 1.807) is 0 Å². The van der Waals surface area contributed by atoms with Gasteiger partial charge in [0.25, 0.3) is 0 Å². The minimum Gasteiger partial charge on any atom is -0.549 e. The molecule has 0 atom stereocenters. The zero-order valence-electron chi connectivity index (χ0n) is 11.2. The van der Waals surface area contributed by atoms with Crippen LogP contribution in [0.25, 0.3) is 0 Å². The first kappa shape index (κ1) is 29.8. The molecule has 0 amide bonds. The van der Waals surface area contributed by atoms with Crippen molar-refractivity contribution in [2.75, 3.05) is 25.7 Å². The Kier molecular flexibility index (Phi) is 19.6. The largest absolute Gasteiger partial charge is 2.00 e. The van der Waals surface area contributed by atoms with Crippen molar-refractivity contribution in [3.63, 3.8) is 0 Å². The molecule has 0 unspecified atom stereocenters. The summed E-state index contributed by atoms with van der Waals surface area (Å²) in [7, 11) is -8.25. The number of carboxylic acid groups (broad SMARTS) is 2. The zero-order chi connectivity index (χ0) is 16.4. The summed E-state index contributed by atoms with van der Waals surface area (Å²) in [5.41, 5.74) is 0. The fraction of sp³-hybridized carbons (Fsp3) is 0.667. The Bertz CT molecular complexity index is 369. The molecular formula is C6H16MgN2O11P2. The summed E-state index contributed by atoms with van der Waals surface area (Å²) in [5.74, 6) is -2.79. The molecule has 0 aromatic heterocycles. The molecule has 8 N–H and O–H groups in total. The average Bonchev–Trinajstić information content (AvgIpc) is 2.12. The van der Waals surface area contributed by atoms with Crippen molar-refractivity contribution in [1.82, 2.24) is 10.6 Å². The second kappa shape index (κ2) is 14.5. The third kappa shape index (κ3) is 36.8. The molecule has 0 aromatic rings. The van der Waals surface area contributed by atoms with Gasteiger partial charge in [0, 0.05) is 13.1 Å². The van der Waals surface area contributed by atoms with Crippen LogP contribution in [0.4, 0.5) is 0 Å². The van der Waals surface area contributed by atoms with Gasteiger partial charge in [0.2, 0.25) is 0 Å². The number of nitrogens with one attached hydrogen (secondary N) is 2. The van der Waals surface area contributed by atoms with Gasteiger partial charge in [-0.1, -0.05) is 0 Å². The molecule has 0 aliphatic rings. The Morgan fingerprint density at radius 3 is 1.18 bits per heavy atom. The maximum atomic E-state index is 10.0. The van der Waals surface area contributed by atoms with Gasteiger partial charge in [-0.25, -0.2) is 0 Å². The van der Waals surface area contributed by atoms with Crippen LogP contribution in [0.15, 0.2) is 0 Å². The van der Waals surface area contributed by atoms with Crippen LogP contribution in [0, 0.1) is 0 Å². The van der Waals surface area contributed by atoms with E-state index in [0.717, 1.165) is 0 Å². The van der Waals surface area contributed by atoms with Gasteiger partial charge < -0.3 is 55.5 Å². The monoisotopic (exact) mass is 378 g/mol. The van der Waals surface area contributed by atoms with Gasteiger partial charge >= 0.3 is 38.2 Å². The van der Waals surface area contributed by atoms with Crippen LogP contribution in [0.3, 0.4) is 0 Å². The minimum absolute atomic E-state index is 0. The minimum atomic E-state index is -4.12. The molecule has 0 aromatic carbocycles. The third-order valence-corrected chi connectivity index (χ3v) is 2.45. The summed E-state index contributed by atoms with van der Waals surface area (Å²) in [6, 6.07) is 0. The molecular weight excluding hydrogens is 362 g/mol. The number of hydrogen-bond acceptors (Lipinski definition) is 8. The Balaban J connectivity index is -0.000000135. The van der Waals surface area contributed by atoms with Crippen LogP contribution in [-0.4, -0.2) is 85.7 Å². The molecule has 13 nitrogen and oxygen atoms in total. The Morgan fingerprint density at radius 1 is 0.818 bits per heavy atom. The number of carboxylic acids is 2. The summed E-state index contributed by atoms with van der Waals surface area (Å²) in [4.78, 5) is 52.0. The second-order valence-electron chi connectivity index (χ2n) is 3.24. The molecule has 0 aliphatic heterocycles. The van der Waals surface area contributed by atoms with Gasteiger partial charge in [0.05, 0.1) is 24.5 Å². The Morgan fingerprint density at radius 2 is 1.05 bits per heavy atom. The van der Waals surface area contributed by atoms with Crippen molar-refractivity contribution in [3.05, 3.63) is 0 Å². The van der Waals surface area contributed by atoms with Crippen LogP contribution in [-0.2, 0) is 18.7 Å². The topological polar surface area (TPSA) is 251 Å². The number of carbonyl (C=O) groups is 2. The number of aliphatic carboxylic acids is 2. The fourth-order valence-corrected chi connectivity index (χ4v) is 1.41. The molecule has 0 aliphatic carbocycles. The molecule has 16 heteroatoms. The van der Waals surface area contributed by atoms with Crippen molar-refractivity contribution < 1.29 is 54.0 Å².